The molecule has 0 aliphatic rings. The lowest BCUT2D eigenvalue weighted by atomic mass is 10.2. The highest BCUT2D eigenvalue weighted by atomic mass is 32.1. The minimum Gasteiger partial charge on any atom is -0.467 e. The Kier molecular flexibility index (Phi) is 3.97. The van der Waals surface area contributed by atoms with E-state index in [0.29, 0.717) is 12.1 Å². The molecule has 0 spiro atoms. The summed E-state index contributed by atoms with van der Waals surface area (Å²) in [5.74, 6) is 0.578. The van der Waals surface area contributed by atoms with Gasteiger partial charge in [0.25, 0.3) is 5.91 Å². The van der Waals surface area contributed by atoms with Crippen LogP contribution in [0.3, 0.4) is 0 Å². The van der Waals surface area contributed by atoms with Crippen LogP contribution in [0.5, 0.6) is 0 Å². The molecule has 1 amide bonds. The maximum absolute atomic E-state index is 12.1. The summed E-state index contributed by atoms with van der Waals surface area (Å²) >= 11 is 1.51. The molecule has 106 valence electrons. The molecule has 1 aromatic carbocycles. The number of rotatable bonds is 5. The number of hydrogen-bond donors (Lipinski definition) is 2. The third-order valence-corrected chi connectivity index (χ3v) is 3.50. The van der Waals surface area contributed by atoms with Crippen LogP contribution in [0.1, 0.15) is 16.1 Å². The number of nitrogens with one attached hydrogen (secondary N) is 2. The third kappa shape index (κ3) is 3.49. The highest BCUT2D eigenvalue weighted by Crippen LogP contribution is 2.19. The molecule has 0 bridgehead atoms. The summed E-state index contributed by atoms with van der Waals surface area (Å²) in [6.07, 6.45) is 3.31. The molecule has 0 saturated carbocycles. The van der Waals surface area contributed by atoms with Gasteiger partial charge in [0.1, 0.15) is 5.76 Å². The average molecular weight is 299 g/mol. The second-order valence-electron chi connectivity index (χ2n) is 4.31. The Bertz CT molecular complexity index is 708. The van der Waals surface area contributed by atoms with E-state index < -0.39 is 0 Å². The lowest BCUT2D eigenvalue weighted by Gasteiger charge is -2.06. The Hall–Kier alpha value is -2.60. The fourth-order valence-corrected chi connectivity index (χ4v) is 2.38. The molecular weight excluding hydrogens is 286 g/mol. The summed E-state index contributed by atoms with van der Waals surface area (Å²) in [5, 5.41) is 8.66. The van der Waals surface area contributed by atoms with E-state index in [4.69, 9.17) is 4.42 Å². The number of benzene rings is 1. The summed E-state index contributed by atoms with van der Waals surface area (Å²) in [4.78, 5) is 16.3. The van der Waals surface area contributed by atoms with Crippen molar-refractivity contribution in [2.24, 2.45) is 0 Å². The fourth-order valence-electron chi connectivity index (χ4n) is 1.83. The molecule has 0 unspecified atom stereocenters. The normalized spacial score (nSPS) is 10.3. The molecule has 21 heavy (non-hydrogen) atoms. The van der Waals surface area contributed by atoms with E-state index in [2.05, 4.69) is 15.6 Å². The van der Waals surface area contributed by atoms with Gasteiger partial charge < -0.3 is 15.1 Å². The van der Waals surface area contributed by atoms with E-state index in [9.17, 15) is 4.79 Å². The first-order chi connectivity index (χ1) is 10.3. The molecule has 0 atom stereocenters. The van der Waals surface area contributed by atoms with E-state index >= 15 is 0 Å². The molecule has 3 aromatic rings. The van der Waals surface area contributed by atoms with Gasteiger partial charge in [-0.3, -0.25) is 4.79 Å². The predicted octanol–water partition coefficient (Wildman–Crippen LogP) is 3.41. The van der Waals surface area contributed by atoms with Crippen LogP contribution in [0.25, 0.3) is 0 Å². The van der Waals surface area contributed by atoms with Crippen LogP contribution in [-0.4, -0.2) is 10.9 Å². The second kappa shape index (κ2) is 6.23. The number of thiazole rings is 1. The number of aromatic nitrogens is 1. The summed E-state index contributed by atoms with van der Waals surface area (Å²) < 4.78 is 5.18. The Morgan fingerprint density at radius 3 is 3.00 bits per heavy atom. The van der Waals surface area contributed by atoms with Gasteiger partial charge in [0.05, 0.1) is 12.8 Å². The van der Waals surface area contributed by atoms with Crippen LogP contribution in [0, 0.1) is 0 Å². The Morgan fingerprint density at radius 2 is 2.24 bits per heavy atom. The number of anilines is 2. The standard InChI is InChI=1S/C15H13N3O2S/c19-14(17-10-13-5-2-7-20-13)11-3-1-4-12(9-11)18-15-16-6-8-21-15/h1-9H,10H2,(H,16,18)(H,17,19). The molecule has 0 aliphatic heterocycles. The number of hydrogen-bond acceptors (Lipinski definition) is 5. The van der Waals surface area contributed by atoms with Crippen LogP contribution in [-0.2, 0) is 6.54 Å². The van der Waals surface area contributed by atoms with Gasteiger partial charge >= 0.3 is 0 Å². The van der Waals surface area contributed by atoms with Crippen molar-refractivity contribution in [1.29, 1.82) is 0 Å². The van der Waals surface area contributed by atoms with Crippen molar-refractivity contribution in [2.45, 2.75) is 6.54 Å². The first-order valence-electron chi connectivity index (χ1n) is 6.38. The second-order valence-corrected chi connectivity index (χ2v) is 5.20. The van der Waals surface area contributed by atoms with Crippen LogP contribution in [0.4, 0.5) is 10.8 Å². The molecule has 3 rings (SSSR count). The lowest BCUT2D eigenvalue weighted by Crippen LogP contribution is -2.22. The summed E-state index contributed by atoms with van der Waals surface area (Å²) in [5.41, 5.74) is 1.42. The zero-order valence-corrected chi connectivity index (χ0v) is 11.9. The van der Waals surface area contributed by atoms with Gasteiger partial charge in [-0.25, -0.2) is 4.98 Å². The number of nitrogens with zero attached hydrogens (tertiary/aromatic N) is 1. The monoisotopic (exact) mass is 299 g/mol. The lowest BCUT2D eigenvalue weighted by molar-refractivity contribution is 0.0948. The average Bonchev–Trinajstić information content (AvgIpc) is 3.18. The minimum absolute atomic E-state index is 0.144. The van der Waals surface area contributed by atoms with Crippen LogP contribution >= 0.6 is 11.3 Å². The van der Waals surface area contributed by atoms with Gasteiger partial charge in [-0.1, -0.05) is 6.07 Å². The van der Waals surface area contributed by atoms with Crippen molar-refractivity contribution >= 4 is 28.1 Å². The topological polar surface area (TPSA) is 67.2 Å². The molecule has 0 fully saturated rings. The first kappa shape index (κ1) is 13.4. The number of amides is 1. The molecular formula is C15H13N3O2S. The van der Waals surface area contributed by atoms with Gasteiger partial charge in [-0.2, -0.15) is 0 Å². The molecule has 2 heterocycles. The highest BCUT2D eigenvalue weighted by molar-refractivity contribution is 7.13. The number of carbonyl (C=O) groups is 1. The van der Waals surface area contributed by atoms with E-state index in [1.165, 1.54) is 11.3 Å². The quantitative estimate of drug-likeness (QED) is 0.757. The third-order valence-electron chi connectivity index (χ3n) is 2.81. The van der Waals surface area contributed by atoms with Crippen molar-refractivity contribution in [2.75, 3.05) is 5.32 Å². The van der Waals surface area contributed by atoms with Gasteiger partial charge in [0.2, 0.25) is 0 Å². The van der Waals surface area contributed by atoms with Crippen LogP contribution in [0.15, 0.2) is 58.7 Å². The molecule has 0 saturated heterocycles. The summed E-state index contributed by atoms with van der Waals surface area (Å²) in [6, 6.07) is 10.9. The van der Waals surface area contributed by atoms with Crippen molar-refractivity contribution in [3.8, 4) is 0 Å². The highest BCUT2D eigenvalue weighted by Gasteiger charge is 2.07. The molecule has 0 aliphatic carbocycles. The molecule has 2 N–H and O–H groups in total. The zero-order valence-electron chi connectivity index (χ0n) is 11.1. The summed E-state index contributed by atoms with van der Waals surface area (Å²) in [6.45, 7) is 0.371. The molecule has 0 radical (unpaired) electrons. The molecule has 5 nitrogen and oxygen atoms in total. The Balaban J connectivity index is 1.65. The minimum atomic E-state index is -0.144. The van der Waals surface area contributed by atoms with Crippen LogP contribution in [0.2, 0.25) is 0 Å². The zero-order chi connectivity index (χ0) is 14.5. The van der Waals surface area contributed by atoms with Gasteiger partial charge in [-0.15, -0.1) is 11.3 Å². The SMILES string of the molecule is O=C(NCc1ccco1)c1cccc(Nc2nccs2)c1. The van der Waals surface area contributed by atoms with E-state index in [1.807, 2.05) is 23.6 Å². The largest absolute Gasteiger partial charge is 0.467 e. The first-order valence-corrected chi connectivity index (χ1v) is 7.26. The molecule has 2 aromatic heterocycles. The number of carbonyl (C=O) groups excluding carboxylic acids is 1. The van der Waals surface area contributed by atoms with Crippen molar-refractivity contribution < 1.29 is 9.21 Å². The van der Waals surface area contributed by atoms with Crippen molar-refractivity contribution in [1.82, 2.24) is 10.3 Å². The smallest absolute Gasteiger partial charge is 0.251 e. The fraction of sp³-hybridized carbons (Fsp3) is 0.0667. The Morgan fingerprint density at radius 1 is 1.29 bits per heavy atom. The Labute approximate surface area is 125 Å². The van der Waals surface area contributed by atoms with E-state index in [1.54, 1.807) is 30.7 Å². The van der Waals surface area contributed by atoms with Crippen molar-refractivity contribution in [3.05, 3.63) is 65.6 Å². The van der Waals surface area contributed by atoms with E-state index in [-0.39, 0.29) is 5.91 Å². The maximum atomic E-state index is 12.1. The van der Waals surface area contributed by atoms with E-state index in [0.717, 1.165) is 16.6 Å². The van der Waals surface area contributed by atoms with Gasteiger partial charge in [0, 0.05) is 22.8 Å². The van der Waals surface area contributed by atoms with Crippen molar-refractivity contribution in [3.63, 3.8) is 0 Å². The maximum Gasteiger partial charge on any atom is 0.251 e. The predicted molar refractivity (Wildman–Crippen MR) is 81.7 cm³/mol. The number of furan rings is 1. The van der Waals surface area contributed by atoms with Crippen LogP contribution < -0.4 is 10.6 Å². The summed E-state index contributed by atoms with van der Waals surface area (Å²) in [7, 11) is 0. The van der Waals surface area contributed by atoms with Gasteiger partial charge in [-0.05, 0) is 30.3 Å². The van der Waals surface area contributed by atoms with Gasteiger partial charge in [0.15, 0.2) is 5.13 Å². The molecule has 6 heteroatoms.